The number of hydrogen-bond acceptors (Lipinski definition) is 6. The summed E-state index contributed by atoms with van der Waals surface area (Å²) in [7, 11) is 0. The molecule has 4 atom stereocenters. The molecule has 0 aromatic rings. The number of hydrogen-bond donors (Lipinski definition) is 4. The smallest absolute Gasteiger partial charge is 0.414 e. The molecule has 4 fully saturated rings. The Hall–Kier alpha value is -1.22. The molecule has 0 bridgehead atoms. The van der Waals surface area contributed by atoms with Gasteiger partial charge in [-0.05, 0) is 25.9 Å². The third-order valence-electron chi connectivity index (χ3n) is 4.31. The Kier molecular flexibility index (Phi) is 6.56. The maximum atomic E-state index is 9.10. The molecule has 4 rings (SSSR count). The van der Waals surface area contributed by atoms with Crippen molar-refractivity contribution in [3.63, 3.8) is 0 Å². The van der Waals surface area contributed by atoms with Crippen molar-refractivity contribution in [2.24, 2.45) is 11.8 Å². The van der Waals surface area contributed by atoms with Crippen LogP contribution < -0.4 is 10.6 Å². The minimum absolute atomic E-state index is 0.622. The summed E-state index contributed by atoms with van der Waals surface area (Å²) >= 11 is 0. The van der Waals surface area contributed by atoms with Crippen LogP contribution in [-0.2, 0) is 19.1 Å². The lowest BCUT2D eigenvalue weighted by Crippen LogP contribution is -2.51. The van der Waals surface area contributed by atoms with Crippen molar-refractivity contribution in [1.82, 2.24) is 10.6 Å². The van der Waals surface area contributed by atoms with E-state index in [0.717, 1.165) is 38.1 Å². The number of nitrogens with one attached hydrogen (secondary N) is 2. The van der Waals surface area contributed by atoms with Crippen LogP contribution >= 0.6 is 0 Å². The lowest BCUT2D eigenvalue weighted by Gasteiger charge is -2.40. The fraction of sp³-hybridized carbons (Fsp3) is 0.857. The lowest BCUT2D eigenvalue weighted by molar-refractivity contribution is -0.159. The van der Waals surface area contributed by atoms with Crippen molar-refractivity contribution in [2.75, 3.05) is 39.4 Å². The molecule has 0 spiro atoms. The third kappa shape index (κ3) is 4.91. The van der Waals surface area contributed by atoms with Crippen molar-refractivity contribution < 1.29 is 29.3 Å². The maximum absolute atomic E-state index is 9.10. The second-order valence-electron chi connectivity index (χ2n) is 5.86. The van der Waals surface area contributed by atoms with E-state index in [1.54, 1.807) is 0 Å². The Bertz CT molecular complexity index is 332. The Morgan fingerprint density at radius 2 is 1.23 bits per heavy atom. The minimum Gasteiger partial charge on any atom is -0.473 e. The van der Waals surface area contributed by atoms with Gasteiger partial charge in [0.25, 0.3) is 0 Å². The molecule has 126 valence electrons. The summed E-state index contributed by atoms with van der Waals surface area (Å²) in [5, 5.41) is 21.5. The largest absolute Gasteiger partial charge is 0.473 e. The zero-order chi connectivity index (χ0) is 15.9. The number of aliphatic carboxylic acids is 2. The first-order chi connectivity index (χ1) is 10.6. The first-order valence-corrected chi connectivity index (χ1v) is 7.68. The fourth-order valence-electron chi connectivity index (χ4n) is 2.82. The molecule has 0 unspecified atom stereocenters. The molecule has 0 aliphatic carbocycles. The fourth-order valence-corrected chi connectivity index (χ4v) is 2.82. The van der Waals surface area contributed by atoms with Gasteiger partial charge in [-0.15, -0.1) is 0 Å². The Morgan fingerprint density at radius 3 is 1.36 bits per heavy atom. The van der Waals surface area contributed by atoms with Crippen LogP contribution in [0.3, 0.4) is 0 Å². The molecule has 4 heterocycles. The average molecular weight is 316 g/mol. The predicted molar refractivity (Wildman–Crippen MR) is 76.7 cm³/mol. The molecule has 0 aromatic heterocycles. The number of ether oxygens (including phenoxy) is 2. The molecule has 4 N–H and O–H groups in total. The molecule has 4 aliphatic heterocycles. The number of rotatable bonds is 0. The number of carboxylic acids is 2. The van der Waals surface area contributed by atoms with E-state index < -0.39 is 11.9 Å². The van der Waals surface area contributed by atoms with Crippen LogP contribution in [0.1, 0.15) is 12.8 Å². The topological polar surface area (TPSA) is 117 Å². The lowest BCUT2D eigenvalue weighted by atomic mass is 9.92. The maximum Gasteiger partial charge on any atom is 0.414 e. The molecule has 0 radical (unpaired) electrons. The van der Waals surface area contributed by atoms with Crippen molar-refractivity contribution >= 4 is 11.9 Å². The van der Waals surface area contributed by atoms with Crippen LogP contribution in [0.25, 0.3) is 0 Å². The van der Waals surface area contributed by atoms with E-state index in [1.165, 1.54) is 25.9 Å². The molecule has 8 heteroatoms. The van der Waals surface area contributed by atoms with E-state index >= 15 is 0 Å². The summed E-state index contributed by atoms with van der Waals surface area (Å²) in [4.78, 5) is 18.2. The summed E-state index contributed by atoms with van der Waals surface area (Å²) in [6.07, 6.45) is 3.70. The molecular weight excluding hydrogens is 292 g/mol. The summed E-state index contributed by atoms with van der Waals surface area (Å²) in [5.41, 5.74) is 0. The van der Waals surface area contributed by atoms with Crippen LogP contribution in [0.2, 0.25) is 0 Å². The minimum atomic E-state index is -1.82. The van der Waals surface area contributed by atoms with E-state index in [0.29, 0.717) is 12.2 Å². The first kappa shape index (κ1) is 17.1. The average Bonchev–Trinajstić information content (AvgIpc) is 2.43. The number of carbonyl (C=O) groups is 2. The SMILES string of the molecule is C1C[C@H]2OC[C@H]2CN1.C1C[C@H]2OC[C@H]2CN1.O=C(O)C(=O)O. The van der Waals surface area contributed by atoms with Crippen molar-refractivity contribution in [1.29, 1.82) is 0 Å². The summed E-state index contributed by atoms with van der Waals surface area (Å²) in [6.45, 7) is 6.67. The molecular formula is C14H24N2O6. The molecule has 22 heavy (non-hydrogen) atoms. The van der Waals surface area contributed by atoms with Gasteiger partial charge >= 0.3 is 11.9 Å². The zero-order valence-corrected chi connectivity index (χ0v) is 12.5. The van der Waals surface area contributed by atoms with Crippen LogP contribution in [0.4, 0.5) is 0 Å². The number of fused-ring (bicyclic) bond motifs is 2. The summed E-state index contributed by atoms with van der Waals surface area (Å²) in [6, 6.07) is 0. The zero-order valence-electron chi connectivity index (χ0n) is 12.5. The van der Waals surface area contributed by atoms with Crippen molar-refractivity contribution in [2.45, 2.75) is 25.0 Å². The normalized spacial score (nSPS) is 34.7. The van der Waals surface area contributed by atoms with Gasteiger partial charge in [-0.2, -0.15) is 0 Å². The molecule has 0 aromatic carbocycles. The predicted octanol–water partition coefficient (Wildman–Crippen LogP) is -0.855. The standard InChI is InChI=1S/2C6H11NO.C2H2O4/c2*1-2-7-3-5-4-8-6(1)5;3-1(4)2(5)6/h2*5-7H,1-4H2;(H,3,4)(H,5,6)/t2*5-,6-;/m11./s1. The third-order valence-corrected chi connectivity index (χ3v) is 4.31. The van der Waals surface area contributed by atoms with Gasteiger partial charge in [-0.25, -0.2) is 9.59 Å². The number of carboxylic acid groups (broad SMARTS) is 2. The molecule has 8 nitrogen and oxygen atoms in total. The Balaban J connectivity index is 0.000000123. The van der Waals surface area contributed by atoms with Gasteiger partial charge in [-0.3, -0.25) is 0 Å². The Morgan fingerprint density at radius 1 is 0.818 bits per heavy atom. The Labute approximate surface area is 129 Å². The number of piperidine rings is 2. The van der Waals surface area contributed by atoms with Crippen LogP contribution in [-0.4, -0.2) is 73.8 Å². The second kappa shape index (κ2) is 8.42. The summed E-state index contributed by atoms with van der Waals surface area (Å²) < 4.78 is 10.6. The van der Waals surface area contributed by atoms with Gasteiger partial charge in [0.15, 0.2) is 0 Å². The van der Waals surface area contributed by atoms with Crippen LogP contribution in [0.15, 0.2) is 0 Å². The van der Waals surface area contributed by atoms with Gasteiger partial charge < -0.3 is 30.3 Å². The van der Waals surface area contributed by atoms with E-state index in [-0.39, 0.29) is 0 Å². The molecule has 0 amide bonds. The second-order valence-corrected chi connectivity index (χ2v) is 5.86. The van der Waals surface area contributed by atoms with E-state index in [2.05, 4.69) is 10.6 Å². The molecule has 4 aliphatic rings. The monoisotopic (exact) mass is 316 g/mol. The van der Waals surface area contributed by atoms with Crippen molar-refractivity contribution in [3.05, 3.63) is 0 Å². The van der Waals surface area contributed by atoms with Crippen LogP contribution in [0, 0.1) is 11.8 Å². The van der Waals surface area contributed by atoms with Gasteiger partial charge in [0.05, 0.1) is 25.4 Å². The van der Waals surface area contributed by atoms with E-state index in [1.807, 2.05) is 0 Å². The van der Waals surface area contributed by atoms with Gasteiger partial charge in [0.2, 0.25) is 0 Å². The highest BCUT2D eigenvalue weighted by Gasteiger charge is 2.34. The highest BCUT2D eigenvalue weighted by molar-refractivity contribution is 6.27. The van der Waals surface area contributed by atoms with Crippen LogP contribution in [0.5, 0.6) is 0 Å². The van der Waals surface area contributed by atoms with Gasteiger partial charge in [-0.1, -0.05) is 0 Å². The summed E-state index contributed by atoms with van der Waals surface area (Å²) in [5.74, 6) is -1.95. The van der Waals surface area contributed by atoms with Crippen molar-refractivity contribution in [3.8, 4) is 0 Å². The molecule has 4 saturated heterocycles. The van der Waals surface area contributed by atoms with E-state index in [4.69, 9.17) is 29.3 Å². The highest BCUT2D eigenvalue weighted by atomic mass is 16.5. The van der Waals surface area contributed by atoms with E-state index in [9.17, 15) is 0 Å². The first-order valence-electron chi connectivity index (χ1n) is 7.68. The van der Waals surface area contributed by atoms with Gasteiger partial charge in [0, 0.05) is 24.9 Å². The quantitative estimate of drug-likeness (QED) is 0.427. The highest BCUT2D eigenvalue weighted by Crippen LogP contribution is 2.25. The molecule has 0 saturated carbocycles. The van der Waals surface area contributed by atoms with Gasteiger partial charge in [0.1, 0.15) is 0 Å².